The number of hydrogen-bond acceptors (Lipinski definition) is 4. The average Bonchev–Trinajstić information content (AvgIpc) is 3.13. The molecule has 2 aromatic heterocycles. The minimum Gasteiger partial charge on any atom is -0.374 e. The molecule has 0 radical (unpaired) electrons. The van der Waals surface area contributed by atoms with Gasteiger partial charge < -0.3 is 19.2 Å². The minimum absolute atomic E-state index is 0.191. The van der Waals surface area contributed by atoms with Crippen LogP contribution in [0.2, 0.25) is 0 Å². The first-order valence-electron chi connectivity index (χ1n) is 7.56. The van der Waals surface area contributed by atoms with Crippen LogP contribution in [0.1, 0.15) is 0 Å². The van der Waals surface area contributed by atoms with E-state index >= 15 is 0 Å². The molecule has 1 N–H and O–H groups in total. The third-order valence-corrected chi connectivity index (χ3v) is 4.06. The van der Waals surface area contributed by atoms with Crippen molar-refractivity contribution >= 4 is 11.0 Å². The van der Waals surface area contributed by atoms with Crippen molar-refractivity contribution < 1.29 is 4.74 Å². The quantitative estimate of drug-likeness (QED) is 0.800. The van der Waals surface area contributed by atoms with Crippen molar-refractivity contribution in [2.75, 3.05) is 26.7 Å². The summed E-state index contributed by atoms with van der Waals surface area (Å²) >= 11 is 0. The summed E-state index contributed by atoms with van der Waals surface area (Å²) in [5.41, 5.74) is 1.99. The number of imidazole rings is 2. The van der Waals surface area contributed by atoms with Gasteiger partial charge in [0.1, 0.15) is 0 Å². The molecule has 0 spiro atoms. The molecular weight excluding hydrogens is 278 g/mol. The fourth-order valence-electron chi connectivity index (χ4n) is 2.93. The van der Waals surface area contributed by atoms with E-state index in [1.54, 1.807) is 0 Å². The van der Waals surface area contributed by atoms with Gasteiger partial charge in [0.2, 0.25) is 0 Å². The number of aromatic nitrogens is 4. The zero-order valence-electron chi connectivity index (χ0n) is 12.6. The average molecular weight is 297 g/mol. The Bertz CT molecular complexity index is 745. The first-order chi connectivity index (χ1) is 10.8. The number of aromatic amines is 1. The molecule has 0 aliphatic carbocycles. The minimum atomic E-state index is 0.191. The summed E-state index contributed by atoms with van der Waals surface area (Å²) in [6, 6.07) is 8.02. The van der Waals surface area contributed by atoms with Crippen molar-refractivity contribution in [3.8, 4) is 11.6 Å². The number of nitrogens with one attached hydrogen (secondary N) is 1. The second-order valence-corrected chi connectivity index (χ2v) is 5.76. The van der Waals surface area contributed by atoms with E-state index in [0.29, 0.717) is 0 Å². The summed E-state index contributed by atoms with van der Waals surface area (Å²) in [6.45, 7) is 3.52. The molecule has 0 saturated carbocycles. The molecule has 1 saturated heterocycles. The van der Waals surface area contributed by atoms with E-state index < -0.39 is 0 Å². The molecule has 0 amide bonds. The van der Waals surface area contributed by atoms with E-state index in [1.807, 2.05) is 36.7 Å². The molecule has 6 heteroatoms. The van der Waals surface area contributed by atoms with E-state index in [0.717, 1.165) is 48.9 Å². The highest BCUT2D eigenvalue weighted by atomic mass is 16.5. The van der Waals surface area contributed by atoms with E-state index in [9.17, 15) is 0 Å². The zero-order valence-corrected chi connectivity index (χ0v) is 12.6. The van der Waals surface area contributed by atoms with Crippen molar-refractivity contribution in [3.63, 3.8) is 0 Å². The second-order valence-electron chi connectivity index (χ2n) is 5.76. The van der Waals surface area contributed by atoms with Gasteiger partial charge >= 0.3 is 0 Å². The third kappa shape index (κ3) is 2.51. The van der Waals surface area contributed by atoms with Gasteiger partial charge in [-0.1, -0.05) is 12.1 Å². The Morgan fingerprint density at radius 2 is 2.27 bits per heavy atom. The van der Waals surface area contributed by atoms with Crippen LogP contribution in [0.25, 0.3) is 22.7 Å². The van der Waals surface area contributed by atoms with Gasteiger partial charge in [-0.25, -0.2) is 9.97 Å². The Hall–Kier alpha value is -2.18. The fourth-order valence-corrected chi connectivity index (χ4v) is 2.93. The lowest BCUT2D eigenvalue weighted by Crippen LogP contribution is -2.41. The molecule has 1 aliphatic rings. The molecule has 3 heterocycles. The molecule has 4 rings (SSSR count). The van der Waals surface area contributed by atoms with Gasteiger partial charge in [-0.3, -0.25) is 0 Å². The van der Waals surface area contributed by atoms with Gasteiger partial charge in [0.15, 0.2) is 11.6 Å². The van der Waals surface area contributed by atoms with Crippen LogP contribution in [-0.4, -0.2) is 57.3 Å². The molecule has 0 bridgehead atoms. The molecule has 1 aliphatic heterocycles. The molecule has 114 valence electrons. The maximum absolute atomic E-state index is 5.85. The van der Waals surface area contributed by atoms with E-state index in [4.69, 9.17) is 4.74 Å². The predicted molar refractivity (Wildman–Crippen MR) is 84.6 cm³/mol. The van der Waals surface area contributed by atoms with Crippen LogP contribution in [0.15, 0.2) is 36.7 Å². The van der Waals surface area contributed by atoms with Crippen molar-refractivity contribution in [3.05, 3.63) is 36.7 Å². The number of fused-ring (bicyclic) bond motifs is 1. The lowest BCUT2D eigenvalue weighted by atomic mass is 10.3. The Labute approximate surface area is 128 Å². The number of ether oxygens (including phenoxy) is 1. The Morgan fingerprint density at radius 1 is 1.36 bits per heavy atom. The monoisotopic (exact) mass is 297 g/mol. The molecule has 22 heavy (non-hydrogen) atoms. The maximum Gasteiger partial charge on any atom is 0.176 e. The topological polar surface area (TPSA) is 59.0 Å². The fraction of sp³-hybridized carbons (Fsp3) is 0.375. The zero-order chi connectivity index (χ0) is 14.9. The lowest BCUT2D eigenvalue weighted by Gasteiger charge is -2.30. The molecule has 1 aromatic carbocycles. The van der Waals surface area contributed by atoms with Gasteiger partial charge in [0.25, 0.3) is 0 Å². The summed E-state index contributed by atoms with van der Waals surface area (Å²) in [7, 11) is 2.13. The van der Waals surface area contributed by atoms with Crippen LogP contribution in [0, 0.1) is 0 Å². The second kappa shape index (κ2) is 5.55. The molecule has 1 fully saturated rings. The van der Waals surface area contributed by atoms with Gasteiger partial charge in [0, 0.05) is 25.5 Å². The molecule has 3 aromatic rings. The summed E-state index contributed by atoms with van der Waals surface area (Å²) in [4.78, 5) is 14.7. The number of rotatable bonds is 3. The van der Waals surface area contributed by atoms with Gasteiger partial charge in [0.05, 0.1) is 30.3 Å². The molecule has 1 atom stereocenters. The standard InChI is InChI=1S/C16H19N5O/c1-20-8-9-22-12(10-20)11-21-7-6-17-16(21)15-18-13-4-2-3-5-14(13)19-15/h2-7,12H,8-11H2,1H3,(H,18,19). The number of morpholine rings is 1. The highest BCUT2D eigenvalue weighted by Crippen LogP contribution is 2.20. The summed E-state index contributed by atoms with van der Waals surface area (Å²) in [5, 5.41) is 0. The highest BCUT2D eigenvalue weighted by molar-refractivity contribution is 5.78. The van der Waals surface area contributed by atoms with E-state index in [1.165, 1.54) is 0 Å². The van der Waals surface area contributed by atoms with E-state index in [2.05, 4.69) is 31.5 Å². The lowest BCUT2D eigenvalue weighted by molar-refractivity contribution is -0.0272. The normalized spacial score (nSPS) is 19.8. The Morgan fingerprint density at radius 3 is 3.14 bits per heavy atom. The van der Waals surface area contributed by atoms with Crippen molar-refractivity contribution in [2.24, 2.45) is 0 Å². The first-order valence-corrected chi connectivity index (χ1v) is 7.56. The van der Waals surface area contributed by atoms with Crippen LogP contribution >= 0.6 is 0 Å². The third-order valence-electron chi connectivity index (χ3n) is 4.06. The smallest absolute Gasteiger partial charge is 0.176 e. The molecule has 6 nitrogen and oxygen atoms in total. The van der Waals surface area contributed by atoms with Gasteiger partial charge in [-0.05, 0) is 19.2 Å². The van der Waals surface area contributed by atoms with Crippen LogP contribution in [0.5, 0.6) is 0 Å². The number of benzene rings is 1. The van der Waals surface area contributed by atoms with Crippen LogP contribution in [0.3, 0.4) is 0 Å². The summed E-state index contributed by atoms with van der Waals surface area (Å²) in [5.74, 6) is 1.66. The van der Waals surface area contributed by atoms with Crippen LogP contribution in [-0.2, 0) is 11.3 Å². The maximum atomic E-state index is 5.85. The number of H-pyrrole nitrogens is 1. The molecule has 1 unspecified atom stereocenters. The molecular formula is C16H19N5O. The van der Waals surface area contributed by atoms with Crippen molar-refractivity contribution in [1.82, 2.24) is 24.4 Å². The van der Waals surface area contributed by atoms with Gasteiger partial charge in [-0.2, -0.15) is 0 Å². The van der Waals surface area contributed by atoms with E-state index in [-0.39, 0.29) is 6.10 Å². The number of hydrogen-bond donors (Lipinski definition) is 1. The Kier molecular flexibility index (Phi) is 3.40. The SMILES string of the molecule is CN1CCOC(Cn2ccnc2-c2nc3ccccc3[nH]2)C1. The van der Waals surface area contributed by atoms with Crippen molar-refractivity contribution in [1.29, 1.82) is 0 Å². The first kappa shape index (κ1) is 13.5. The van der Waals surface area contributed by atoms with Crippen LogP contribution < -0.4 is 0 Å². The number of likely N-dealkylation sites (N-methyl/N-ethyl adjacent to an activating group) is 1. The van der Waals surface area contributed by atoms with Crippen LogP contribution in [0.4, 0.5) is 0 Å². The highest BCUT2D eigenvalue weighted by Gasteiger charge is 2.20. The predicted octanol–water partition coefficient (Wildman–Crippen LogP) is 1.76. The number of para-hydroxylation sites is 2. The van der Waals surface area contributed by atoms with Gasteiger partial charge in [-0.15, -0.1) is 0 Å². The summed E-state index contributed by atoms with van der Waals surface area (Å²) < 4.78 is 7.96. The Balaban J connectivity index is 1.61. The van der Waals surface area contributed by atoms with Crippen molar-refractivity contribution in [2.45, 2.75) is 12.6 Å². The summed E-state index contributed by atoms with van der Waals surface area (Å²) in [6.07, 6.45) is 3.99. The largest absolute Gasteiger partial charge is 0.374 e. The number of nitrogens with zero attached hydrogens (tertiary/aromatic N) is 4.